The average molecular weight is 245 g/mol. The zero-order valence-corrected chi connectivity index (χ0v) is 10.6. The van der Waals surface area contributed by atoms with Crippen LogP contribution in [-0.2, 0) is 0 Å². The van der Waals surface area contributed by atoms with Gasteiger partial charge in [-0.3, -0.25) is 0 Å². The molecule has 2 saturated carbocycles. The molecule has 4 nitrogen and oxygen atoms in total. The van der Waals surface area contributed by atoms with Gasteiger partial charge in [-0.25, -0.2) is 4.79 Å². The molecule has 4 heteroatoms. The fourth-order valence-corrected chi connectivity index (χ4v) is 2.94. The first-order chi connectivity index (χ1) is 8.76. The van der Waals surface area contributed by atoms with Gasteiger partial charge in [-0.15, -0.1) is 0 Å². The van der Waals surface area contributed by atoms with Crippen molar-refractivity contribution in [3.05, 3.63) is 24.3 Å². The Morgan fingerprint density at radius 1 is 1.17 bits per heavy atom. The first-order valence-electron chi connectivity index (χ1n) is 6.61. The average Bonchev–Trinajstić information content (AvgIpc) is 3.08. The van der Waals surface area contributed by atoms with Crippen molar-refractivity contribution in [1.29, 1.82) is 0 Å². The van der Waals surface area contributed by atoms with E-state index < -0.39 is 0 Å². The number of hydrogen-bond donors (Lipinski definition) is 3. The van der Waals surface area contributed by atoms with E-state index in [4.69, 9.17) is 0 Å². The van der Waals surface area contributed by atoms with Crippen LogP contribution in [0.15, 0.2) is 24.3 Å². The highest BCUT2D eigenvalue weighted by Gasteiger charge is 2.47. The number of nitrogens with one attached hydrogen (secondary N) is 3. The van der Waals surface area contributed by atoms with Gasteiger partial charge in [0.2, 0.25) is 0 Å². The molecule has 18 heavy (non-hydrogen) atoms. The van der Waals surface area contributed by atoms with Crippen molar-refractivity contribution in [1.82, 2.24) is 5.32 Å². The molecule has 2 aliphatic carbocycles. The van der Waals surface area contributed by atoms with Crippen molar-refractivity contribution >= 4 is 17.4 Å². The van der Waals surface area contributed by atoms with E-state index in [0.29, 0.717) is 6.04 Å². The molecule has 2 aliphatic rings. The lowest BCUT2D eigenvalue weighted by Crippen LogP contribution is -2.24. The summed E-state index contributed by atoms with van der Waals surface area (Å²) in [5, 5.41) is 8.88. The summed E-state index contributed by atoms with van der Waals surface area (Å²) in [6, 6.07) is 8.38. The molecule has 0 aliphatic heterocycles. The van der Waals surface area contributed by atoms with Crippen molar-refractivity contribution < 1.29 is 4.79 Å². The van der Waals surface area contributed by atoms with E-state index in [-0.39, 0.29) is 6.03 Å². The minimum Gasteiger partial charge on any atom is -0.382 e. The molecule has 3 atom stereocenters. The van der Waals surface area contributed by atoms with E-state index in [2.05, 4.69) is 16.0 Å². The van der Waals surface area contributed by atoms with Gasteiger partial charge in [-0.2, -0.15) is 0 Å². The summed E-state index contributed by atoms with van der Waals surface area (Å²) in [6.07, 6.45) is 4.10. The van der Waals surface area contributed by atoms with E-state index in [9.17, 15) is 4.79 Å². The fraction of sp³-hybridized carbons (Fsp3) is 0.500. The number of anilines is 2. The van der Waals surface area contributed by atoms with E-state index in [1.165, 1.54) is 19.3 Å². The van der Waals surface area contributed by atoms with E-state index >= 15 is 0 Å². The summed E-state index contributed by atoms with van der Waals surface area (Å²) in [6.45, 7) is 0. The van der Waals surface area contributed by atoms with E-state index in [0.717, 1.165) is 23.2 Å². The third-order valence-corrected chi connectivity index (χ3v) is 4.06. The predicted octanol–water partition coefficient (Wildman–Crippen LogP) is 2.65. The predicted molar refractivity (Wildman–Crippen MR) is 72.8 cm³/mol. The molecule has 3 rings (SSSR count). The Morgan fingerprint density at radius 2 is 1.89 bits per heavy atom. The van der Waals surface area contributed by atoms with Gasteiger partial charge in [-0.05, 0) is 55.4 Å². The van der Waals surface area contributed by atoms with Gasteiger partial charge in [-0.1, -0.05) is 0 Å². The zero-order valence-electron chi connectivity index (χ0n) is 10.6. The van der Waals surface area contributed by atoms with E-state index in [1.54, 1.807) is 7.05 Å². The van der Waals surface area contributed by atoms with Crippen LogP contribution >= 0.6 is 0 Å². The molecule has 2 amide bonds. The molecular formula is C14H19N3O. The molecule has 0 saturated heterocycles. The van der Waals surface area contributed by atoms with Crippen LogP contribution in [0.1, 0.15) is 19.3 Å². The number of amides is 2. The van der Waals surface area contributed by atoms with Crippen molar-refractivity contribution in [3.63, 3.8) is 0 Å². The number of hydrogen-bond acceptors (Lipinski definition) is 2. The first-order valence-corrected chi connectivity index (χ1v) is 6.61. The van der Waals surface area contributed by atoms with Crippen LogP contribution in [-0.4, -0.2) is 19.1 Å². The lowest BCUT2D eigenvalue weighted by Gasteiger charge is -2.16. The lowest BCUT2D eigenvalue weighted by atomic mass is 10.1. The molecule has 3 N–H and O–H groups in total. The Kier molecular flexibility index (Phi) is 2.86. The number of carbonyl (C=O) groups is 1. The number of urea groups is 1. The van der Waals surface area contributed by atoms with Crippen molar-refractivity contribution in [2.45, 2.75) is 25.3 Å². The second kappa shape index (κ2) is 4.52. The maximum atomic E-state index is 11.2. The third-order valence-electron chi connectivity index (χ3n) is 4.06. The molecule has 0 heterocycles. The summed E-state index contributed by atoms with van der Waals surface area (Å²) >= 11 is 0. The molecule has 96 valence electrons. The van der Waals surface area contributed by atoms with Crippen LogP contribution in [0.3, 0.4) is 0 Å². The second-order valence-electron chi connectivity index (χ2n) is 5.27. The standard InChI is InChI=1S/C14H19N3O/c1-15-14(18)17-11-5-3-10(4-6-11)16-13-7-2-9-8-12(9)13/h3-6,9,12-13,16H,2,7-8H2,1H3,(H2,15,17,18)/t9-,12+,13?/m0/s1. The maximum Gasteiger partial charge on any atom is 0.318 e. The molecule has 2 fully saturated rings. The highest BCUT2D eigenvalue weighted by Crippen LogP contribution is 2.52. The fourth-order valence-electron chi connectivity index (χ4n) is 2.94. The maximum absolute atomic E-state index is 11.2. The largest absolute Gasteiger partial charge is 0.382 e. The molecule has 1 aromatic rings. The summed E-state index contributed by atoms with van der Waals surface area (Å²) in [5.74, 6) is 1.91. The van der Waals surface area contributed by atoms with Crippen LogP contribution in [0.4, 0.5) is 16.2 Å². The molecule has 1 aromatic carbocycles. The Morgan fingerprint density at radius 3 is 2.44 bits per heavy atom. The van der Waals surface area contributed by atoms with Gasteiger partial charge < -0.3 is 16.0 Å². The minimum atomic E-state index is -0.188. The zero-order chi connectivity index (χ0) is 12.5. The molecule has 1 unspecified atom stereocenters. The topological polar surface area (TPSA) is 53.2 Å². The van der Waals surface area contributed by atoms with Gasteiger partial charge in [0.05, 0.1) is 0 Å². The molecule has 0 spiro atoms. The van der Waals surface area contributed by atoms with Crippen LogP contribution in [0, 0.1) is 11.8 Å². The molecule has 0 aromatic heterocycles. The van der Waals surface area contributed by atoms with Crippen molar-refractivity contribution in [2.24, 2.45) is 11.8 Å². The highest BCUT2D eigenvalue weighted by atomic mass is 16.2. The van der Waals surface area contributed by atoms with Crippen molar-refractivity contribution in [3.8, 4) is 0 Å². The number of benzene rings is 1. The number of carbonyl (C=O) groups excluding carboxylic acids is 1. The number of fused-ring (bicyclic) bond motifs is 1. The van der Waals surface area contributed by atoms with Crippen LogP contribution < -0.4 is 16.0 Å². The first kappa shape index (κ1) is 11.4. The third kappa shape index (κ3) is 2.28. The highest BCUT2D eigenvalue weighted by molar-refractivity contribution is 5.89. The Balaban J connectivity index is 1.58. The van der Waals surface area contributed by atoms with Crippen molar-refractivity contribution in [2.75, 3.05) is 17.7 Å². The summed E-state index contributed by atoms with van der Waals surface area (Å²) in [5.41, 5.74) is 1.96. The normalized spacial score (nSPS) is 28.4. The number of rotatable bonds is 3. The second-order valence-corrected chi connectivity index (χ2v) is 5.27. The smallest absolute Gasteiger partial charge is 0.318 e. The Labute approximate surface area is 107 Å². The Hall–Kier alpha value is -1.71. The monoisotopic (exact) mass is 245 g/mol. The summed E-state index contributed by atoms with van der Waals surface area (Å²) < 4.78 is 0. The van der Waals surface area contributed by atoms with Gasteiger partial charge in [0.1, 0.15) is 0 Å². The SMILES string of the molecule is CNC(=O)Nc1ccc(NC2CC[C@H]3C[C@@H]23)cc1. The molecule has 0 bridgehead atoms. The molecule has 0 radical (unpaired) electrons. The van der Waals surface area contributed by atoms with Gasteiger partial charge in [0.15, 0.2) is 0 Å². The molecular weight excluding hydrogens is 226 g/mol. The van der Waals surface area contributed by atoms with Gasteiger partial charge in [0, 0.05) is 24.5 Å². The summed E-state index contributed by atoms with van der Waals surface area (Å²) in [4.78, 5) is 11.2. The lowest BCUT2D eigenvalue weighted by molar-refractivity contribution is 0.254. The quantitative estimate of drug-likeness (QED) is 0.766. The Bertz CT molecular complexity index is 443. The van der Waals surface area contributed by atoms with Gasteiger partial charge >= 0.3 is 6.03 Å². The van der Waals surface area contributed by atoms with E-state index in [1.807, 2.05) is 24.3 Å². The van der Waals surface area contributed by atoms with Crippen LogP contribution in [0.5, 0.6) is 0 Å². The minimum absolute atomic E-state index is 0.188. The van der Waals surface area contributed by atoms with Crippen LogP contribution in [0.2, 0.25) is 0 Å². The summed E-state index contributed by atoms with van der Waals surface area (Å²) in [7, 11) is 1.61. The van der Waals surface area contributed by atoms with Gasteiger partial charge in [0.25, 0.3) is 0 Å². The van der Waals surface area contributed by atoms with Crippen LogP contribution in [0.25, 0.3) is 0 Å².